The molecule has 158 valence electrons. The third-order valence-electron chi connectivity index (χ3n) is 5.71. The van der Waals surface area contributed by atoms with Gasteiger partial charge < -0.3 is 19.7 Å². The lowest BCUT2D eigenvalue weighted by Gasteiger charge is -2.27. The van der Waals surface area contributed by atoms with Crippen molar-refractivity contribution in [1.82, 2.24) is 5.32 Å². The summed E-state index contributed by atoms with van der Waals surface area (Å²) in [6.45, 7) is 2.59. The molecule has 0 spiro atoms. The van der Waals surface area contributed by atoms with E-state index in [9.17, 15) is 9.59 Å². The van der Waals surface area contributed by atoms with Crippen LogP contribution >= 0.6 is 11.3 Å². The number of nitrogens with one attached hydrogen (secondary N) is 1. The minimum Gasteiger partial charge on any atom is -0.454 e. The second-order valence-corrected chi connectivity index (χ2v) is 8.75. The maximum Gasteiger partial charge on any atom is 0.231 e. The van der Waals surface area contributed by atoms with Crippen molar-refractivity contribution in [1.29, 1.82) is 0 Å². The van der Waals surface area contributed by atoms with Crippen molar-refractivity contribution in [3.05, 3.63) is 76.0 Å². The van der Waals surface area contributed by atoms with E-state index in [1.54, 1.807) is 16.2 Å². The minimum atomic E-state index is -0.457. The van der Waals surface area contributed by atoms with Crippen molar-refractivity contribution in [2.24, 2.45) is 5.92 Å². The second kappa shape index (κ2) is 8.07. The van der Waals surface area contributed by atoms with E-state index in [1.807, 2.05) is 66.9 Å². The number of hydrogen-bond donors (Lipinski definition) is 1. The molecule has 0 saturated carbocycles. The molecule has 1 fully saturated rings. The molecule has 1 saturated heterocycles. The lowest BCUT2D eigenvalue weighted by Crippen LogP contribution is -2.35. The number of fused-ring (bicyclic) bond motifs is 1. The van der Waals surface area contributed by atoms with E-state index in [0.717, 1.165) is 21.7 Å². The molecule has 7 heteroatoms. The predicted molar refractivity (Wildman–Crippen MR) is 118 cm³/mol. The van der Waals surface area contributed by atoms with Gasteiger partial charge in [-0.2, -0.15) is 0 Å². The lowest BCUT2D eigenvalue weighted by molar-refractivity contribution is -0.126. The summed E-state index contributed by atoms with van der Waals surface area (Å²) in [7, 11) is 0. The third-order valence-corrected chi connectivity index (χ3v) is 6.65. The van der Waals surface area contributed by atoms with Crippen molar-refractivity contribution in [3.8, 4) is 11.5 Å². The highest BCUT2D eigenvalue weighted by molar-refractivity contribution is 7.10. The molecule has 1 N–H and O–H groups in total. The van der Waals surface area contributed by atoms with E-state index in [4.69, 9.17) is 9.47 Å². The summed E-state index contributed by atoms with van der Waals surface area (Å²) in [6.07, 6.45) is 0.184. The van der Waals surface area contributed by atoms with Gasteiger partial charge in [0.1, 0.15) is 0 Å². The first-order chi connectivity index (χ1) is 15.1. The van der Waals surface area contributed by atoms with Crippen LogP contribution in [0.3, 0.4) is 0 Å². The van der Waals surface area contributed by atoms with Crippen molar-refractivity contribution in [2.45, 2.75) is 25.9 Å². The Morgan fingerprint density at radius 3 is 2.71 bits per heavy atom. The van der Waals surface area contributed by atoms with E-state index < -0.39 is 5.92 Å². The molecule has 2 aliphatic heterocycles. The van der Waals surface area contributed by atoms with Gasteiger partial charge in [0.2, 0.25) is 18.6 Å². The van der Waals surface area contributed by atoms with E-state index in [1.165, 1.54) is 0 Å². The van der Waals surface area contributed by atoms with Crippen LogP contribution in [0.25, 0.3) is 0 Å². The molecular weight excluding hydrogens is 412 g/mol. The number of amides is 2. The first-order valence-electron chi connectivity index (χ1n) is 10.2. The summed E-state index contributed by atoms with van der Waals surface area (Å²) >= 11 is 1.57. The summed E-state index contributed by atoms with van der Waals surface area (Å²) < 4.78 is 10.7. The Labute approximate surface area is 184 Å². The topological polar surface area (TPSA) is 67.9 Å². The maximum atomic E-state index is 13.2. The van der Waals surface area contributed by atoms with Gasteiger partial charge in [-0.3, -0.25) is 9.59 Å². The molecule has 0 radical (unpaired) electrons. The Balaban J connectivity index is 1.37. The van der Waals surface area contributed by atoms with Crippen LogP contribution in [0, 0.1) is 12.8 Å². The lowest BCUT2D eigenvalue weighted by atomic mass is 9.97. The van der Waals surface area contributed by atoms with Crippen LogP contribution in [-0.4, -0.2) is 18.6 Å². The van der Waals surface area contributed by atoms with Gasteiger partial charge in [0, 0.05) is 23.5 Å². The van der Waals surface area contributed by atoms with Crippen LogP contribution < -0.4 is 19.7 Å². The van der Waals surface area contributed by atoms with Gasteiger partial charge >= 0.3 is 0 Å². The smallest absolute Gasteiger partial charge is 0.231 e. The molecule has 2 aliphatic rings. The zero-order chi connectivity index (χ0) is 21.4. The summed E-state index contributed by atoms with van der Waals surface area (Å²) in [5.41, 5.74) is 2.87. The summed E-state index contributed by atoms with van der Waals surface area (Å²) in [4.78, 5) is 29.0. The molecule has 0 bridgehead atoms. The van der Waals surface area contributed by atoms with Crippen LogP contribution in [0.5, 0.6) is 11.5 Å². The Kier molecular flexibility index (Phi) is 5.11. The standard InChI is InChI=1S/C24H22N2O4S/c1-15-4-7-17(8-5-15)26-22(27)12-18(23(26)21-3-2-10-31-21)24(28)25-13-16-6-9-19-20(11-16)30-14-29-19/h2-11,18,23H,12-14H2,1H3,(H,25,28). The molecular formula is C24H22N2O4S. The highest BCUT2D eigenvalue weighted by atomic mass is 32.1. The molecule has 2 unspecified atom stereocenters. The van der Waals surface area contributed by atoms with Crippen molar-refractivity contribution >= 4 is 28.8 Å². The Bertz CT molecular complexity index is 1110. The van der Waals surface area contributed by atoms with E-state index in [-0.39, 0.29) is 31.1 Å². The third kappa shape index (κ3) is 3.77. The fraction of sp³-hybridized carbons (Fsp3) is 0.250. The molecule has 3 aromatic rings. The van der Waals surface area contributed by atoms with Gasteiger partial charge in [0.15, 0.2) is 11.5 Å². The molecule has 6 nitrogen and oxygen atoms in total. The number of hydrogen-bond acceptors (Lipinski definition) is 5. The summed E-state index contributed by atoms with van der Waals surface area (Å²) in [6, 6.07) is 17.1. The number of aryl methyl sites for hydroxylation is 1. The molecule has 0 aliphatic carbocycles. The number of carbonyl (C=O) groups is 2. The monoisotopic (exact) mass is 434 g/mol. The fourth-order valence-corrected chi connectivity index (χ4v) is 5.02. The van der Waals surface area contributed by atoms with Crippen LogP contribution in [-0.2, 0) is 16.1 Å². The van der Waals surface area contributed by atoms with Gasteiger partial charge in [0.05, 0.1) is 12.0 Å². The number of rotatable bonds is 5. The van der Waals surface area contributed by atoms with Crippen LogP contribution in [0.4, 0.5) is 5.69 Å². The van der Waals surface area contributed by atoms with Crippen LogP contribution in [0.15, 0.2) is 60.0 Å². The van der Waals surface area contributed by atoms with Gasteiger partial charge in [-0.25, -0.2) is 0 Å². The molecule has 3 heterocycles. The largest absolute Gasteiger partial charge is 0.454 e. The Morgan fingerprint density at radius 1 is 1.13 bits per heavy atom. The summed E-state index contributed by atoms with van der Waals surface area (Å²) in [5, 5.41) is 5.00. The highest BCUT2D eigenvalue weighted by Crippen LogP contribution is 2.43. The number of nitrogens with zero attached hydrogens (tertiary/aromatic N) is 1. The number of carbonyl (C=O) groups excluding carboxylic acids is 2. The minimum absolute atomic E-state index is 0.0366. The quantitative estimate of drug-likeness (QED) is 0.654. The Hall–Kier alpha value is -3.32. The Morgan fingerprint density at radius 2 is 1.94 bits per heavy atom. The zero-order valence-electron chi connectivity index (χ0n) is 17.0. The van der Waals surface area contributed by atoms with Crippen LogP contribution in [0.2, 0.25) is 0 Å². The fourth-order valence-electron chi connectivity index (χ4n) is 4.14. The first-order valence-corrected chi connectivity index (χ1v) is 11.1. The molecule has 5 rings (SSSR count). The maximum absolute atomic E-state index is 13.2. The molecule has 31 heavy (non-hydrogen) atoms. The summed E-state index contributed by atoms with van der Waals surface area (Å²) in [5.74, 6) is 0.777. The van der Waals surface area contributed by atoms with Crippen LogP contribution in [0.1, 0.15) is 28.5 Å². The van der Waals surface area contributed by atoms with E-state index in [0.29, 0.717) is 18.0 Å². The van der Waals surface area contributed by atoms with Gasteiger partial charge in [-0.1, -0.05) is 29.8 Å². The van der Waals surface area contributed by atoms with Crippen molar-refractivity contribution in [3.63, 3.8) is 0 Å². The number of thiophene rings is 1. The molecule has 2 atom stereocenters. The number of benzene rings is 2. The highest BCUT2D eigenvalue weighted by Gasteiger charge is 2.45. The van der Waals surface area contributed by atoms with Gasteiger partial charge in [-0.05, 0) is 48.2 Å². The molecule has 2 amide bonds. The predicted octanol–water partition coefficient (Wildman–Crippen LogP) is 4.20. The second-order valence-electron chi connectivity index (χ2n) is 7.78. The van der Waals surface area contributed by atoms with Crippen molar-refractivity contribution < 1.29 is 19.1 Å². The van der Waals surface area contributed by atoms with Gasteiger partial charge in [0.25, 0.3) is 0 Å². The van der Waals surface area contributed by atoms with Crippen molar-refractivity contribution in [2.75, 3.05) is 11.7 Å². The average Bonchev–Trinajstić information content (AvgIpc) is 3.52. The average molecular weight is 435 g/mol. The normalized spacial score (nSPS) is 19.6. The van der Waals surface area contributed by atoms with E-state index >= 15 is 0 Å². The first kappa shape index (κ1) is 19.6. The van der Waals surface area contributed by atoms with E-state index in [2.05, 4.69) is 5.32 Å². The SMILES string of the molecule is Cc1ccc(N2C(=O)CC(C(=O)NCc3ccc4c(c3)OCO4)C2c2cccs2)cc1. The number of ether oxygens (including phenoxy) is 2. The molecule has 1 aromatic heterocycles. The van der Waals surface area contributed by atoms with Gasteiger partial charge in [-0.15, -0.1) is 11.3 Å². The number of anilines is 1. The zero-order valence-corrected chi connectivity index (χ0v) is 17.9. The molecule has 2 aromatic carbocycles.